The van der Waals surface area contributed by atoms with Crippen LogP contribution < -0.4 is 20.8 Å². The zero-order valence-electron chi connectivity index (χ0n) is 18.1. The molecule has 7 nitrogen and oxygen atoms in total. The molecule has 0 bridgehead atoms. The monoisotopic (exact) mass is 432 g/mol. The van der Waals surface area contributed by atoms with Crippen LogP contribution in [0.4, 0.5) is 0 Å². The molecule has 0 spiro atoms. The van der Waals surface area contributed by atoms with E-state index in [0.717, 1.165) is 11.3 Å². The van der Waals surface area contributed by atoms with E-state index >= 15 is 0 Å². The van der Waals surface area contributed by atoms with E-state index in [9.17, 15) is 9.59 Å². The number of nitrogens with zero attached hydrogens (tertiary/aromatic N) is 1. The third kappa shape index (κ3) is 3.73. The summed E-state index contributed by atoms with van der Waals surface area (Å²) in [5, 5.41) is 0. The summed E-state index contributed by atoms with van der Waals surface area (Å²) in [6.07, 6.45) is 0. The summed E-state index contributed by atoms with van der Waals surface area (Å²) in [5.74, 6) is -0.480. The standard InChI is InChI=1S/C25H24N2O5/c1-15-13-19-21(24(28)27(15)14-16-7-5-4-6-8-16)20(17-9-11-18(30-2)12-10-17)22(23(26)32-19)25(29)31-3/h4-13,20H,14,26H2,1-3H3. The van der Waals surface area contributed by atoms with Gasteiger partial charge in [-0.3, -0.25) is 4.79 Å². The molecule has 2 heterocycles. The second-order valence-corrected chi connectivity index (χ2v) is 7.52. The summed E-state index contributed by atoms with van der Waals surface area (Å²) in [4.78, 5) is 26.4. The summed E-state index contributed by atoms with van der Waals surface area (Å²) in [6, 6.07) is 18.6. The lowest BCUT2D eigenvalue weighted by Gasteiger charge is -2.29. The maximum Gasteiger partial charge on any atom is 0.340 e. The van der Waals surface area contributed by atoms with E-state index in [-0.39, 0.29) is 17.0 Å². The number of rotatable bonds is 5. The molecule has 1 atom stereocenters. The van der Waals surface area contributed by atoms with Gasteiger partial charge in [-0.1, -0.05) is 42.5 Å². The minimum Gasteiger partial charge on any atom is -0.497 e. The quantitative estimate of drug-likeness (QED) is 0.623. The van der Waals surface area contributed by atoms with Gasteiger partial charge in [-0.15, -0.1) is 0 Å². The number of fused-ring (bicyclic) bond motifs is 1. The molecule has 1 aliphatic rings. The van der Waals surface area contributed by atoms with E-state index in [1.807, 2.05) is 37.3 Å². The van der Waals surface area contributed by atoms with Crippen molar-refractivity contribution in [2.75, 3.05) is 14.2 Å². The van der Waals surface area contributed by atoms with Crippen LogP contribution in [-0.4, -0.2) is 24.8 Å². The Labute approximate surface area is 185 Å². The fraction of sp³-hybridized carbons (Fsp3) is 0.200. The van der Waals surface area contributed by atoms with Crippen LogP contribution in [0.15, 0.2) is 76.9 Å². The van der Waals surface area contributed by atoms with Crippen LogP contribution in [0.5, 0.6) is 11.5 Å². The van der Waals surface area contributed by atoms with Crippen LogP contribution in [0.2, 0.25) is 0 Å². The van der Waals surface area contributed by atoms with Gasteiger partial charge in [-0.05, 0) is 30.2 Å². The molecule has 0 amide bonds. The van der Waals surface area contributed by atoms with Crippen LogP contribution in [0, 0.1) is 6.92 Å². The van der Waals surface area contributed by atoms with Gasteiger partial charge in [0, 0.05) is 11.8 Å². The molecule has 0 radical (unpaired) electrons. The number of nitrogens with two attached hydrogens (primary N) is 1. The van der Waals surface area contributed by atoms with Gasteiger partial charge >= 0.3 is 5.97 Å². The molecule has 1 unspecified atom stereocenters. The van der Waals surface area contributed by atoms with Gasteiger partial charge in [0.05, 0.1) is 32.2 Å². The fourth-order valence-electron chi connectivity index (χ4n) is 3.99. The largest absolute Gasteiger partial charge is 0.497 e. The predicted octanol–water partition coefficient (Wildman–Crippen LogP) is 3.08. The molecule has 2 aromatic carbocycles. The van der Waals surface area contributed by atoms with Crippen molar-refractivity contribution in [2.24, 2.45) is 5.73 Å². The highest BCUT2D eigenvalue weighted by Crippen LogP contribution is 2.41. The lowest BCUT2D eigenvalue weighted by atomic mass is 9.83. The molecule has 32 heavy (non-hydrogen) atoms. The van der Waals surface area contributed by atoms with Crippen molar-refractivity contribution in [3.8, 4) is 11.5 Å². The first-order valence-corrected chi connectivity index (χ1v) is 10.1. The number of esters is 1. The highest BCUT2D eigenvalue weighted by molar-refractivity contribution is 5.92. The first kappa shape index (κ1) is 21.2. The van der Waals surface area contributed by atoms with Gasteiger partial charge in [0.1, 0.15) is 17.1 Å². The minimum absolute atomic E-state index is 0.0789. The minimum atomic E-state index is -0.743. The van der Waals surface area contributed by atoms with Crippen LogP contribution in [-0.2, 0) is 16.1 Å². The van der Waals surface area contributed by atoms with E-state index in [1.165, 1.54) is 7.11 Å². The van der Waals surface area contributed by atoms with E-state index < -0.39 is 11.9 Å². The Morgan fingerprint density at radius 1 is 1.09 bits per heavy atom. The van der Waals surface area contributed by atoms with Gasteiger partial charge in [-0.25, -0.2) is 4.79 Å². The van der Waals surface area contributed by atoms with Gasteiger partial charge in [-0.2, -0.15) is 0 Å². The summed E-state index contributed by atoms with van der Waals surface area (Å²) in [5.41, 5.74) is 8.73. The number of aromatic nitrogens is 1. The van der Waals surface area contributed by atoms with E-state index in [2.05, 4.69) is 0 Å². The summed E-state index contributed by atoms with van der Waals surface area (Å²) < 4.78 is 17.6. The number of hydrogen-bond donors (Lipinski definition) is 1. The second-order valence-electron chi connectivity index (χ2n) is 7.52. The second kappa shape index (κ2) is 8.63. The summed E-state index contributed by atoms with van der Waals surface area (Å²) in [6.45, 7) is 2.23. The number of pyridine rings is 1. The molecule has 0 saturated heterocycles. The fourth-order valence-corrected chi connectivity index (χ4v) is 3.99. The Bertz CT molecular complexity index is 1240. The van der Waals surface area contributed by atoms with E-state index in [4.69, 9.17) is 19.9 Å². The van der Waals surface area contributed by atoms with Gasteiger partial charge in [0.2, 0.25) is 5.88 Å². The molecule has 0 fully saturated rings. The number of aryl methyl sites for hydroxylation is 1. The van der Waals surface area contributed by atoms with E-state index in [0.29, 0.717) is 29.2 Å². The maximum atomic E-state index is 13.8. The van der Waals surface area contributed by atoms with Crippen molar-refractivity contribution in [3.05, 3.63) is 105 Å². The molecular formula is C25H24N2O5. The van der Waals surface area contributed by atoms with Crippen LogP contribution in [0.25, 0.3) is 0 Å². The molecule has 2 N–H and O–H groups in total. The number of benzene rings is 2. The van der Waals surface area contributed by atoms with Crippen molar-refractivity contribution in [3.63, 3.8) is 0 Å². The van der Waals surface area contributed by atoms with Crippen LogP contribution >= 0.6 is 0 Å². The molecule has 3 aromatic rings. The zero-order chi connectivity index (χ0) is 22.8. The summed E-state index contributed by atoms with van der Waals surface area (Å²) in [7, 11) is 2.84. The lowest BCUT2D eigenvalue weighted by molar-refractivity contribution is -0.136. The number of ether oxygens (including phenoxy) is 3. The molecular weight excluding hydrogens is 408 g/mol. The number of hydrogen-bond acceptors (Lipinski definition) is 6. The normalized spacial score (nSPS) is 15.0. The third-order valence-corrected chi connectivity index (χ3v) is 5.61. The maximum absolute atomic E-state index is 13.8. The number of carbonyl (C=O) groups is 1. The van der Waals surface area contributed by atoms with Gasteiger partial charge in [0.15, 0.2) is 0 Å². The molecule has 1 aliphatic heterocycles. The van der Waals surface area contributed by atoms with Crippen molar-refractivity contribution in [1.82, 2.24) is 4.57 Å². The summed E-state index contributed by atoms with van der Waals surface area (Å²) >= 11 is 0. The topological polar surface area (TPSA) is 92.8 Å². The molecule has 4 rings (SSSR count). The highest BCUT2D eigenvalue weighted by atomic mass is 16.5. The first-order valence-electron chi connectivity index (χ1n) is 10.1. The Balaban J connectivity index is 1.93. The predicted molar refractivity (Wildman–Crippen MR) is 120 cm³/mol. The Morgan fingerprint density at radius 2 is 1.78 bits per heavy atom. The molecule has 164 valence electrons. The first-order chi connectivity index (χ1) is 15.4. The van der Waals surface area contributed by atoms with E-state index in [1.54, 1.807) is 42.0 Å². The average Bonchev–Trinajstić information content (AvgIpc) is 2.81. The zero-order valence-corrected chi connectivity index (χ0v) is 18.1. The lowest BCUT2D eigenvalue weighted by Crippen LogP contribution is -2.35. The molecule has 0 aliphatic carbocycles. The Morgan fingerprint density at radius 3 is 2.41 bits per heavy atom. The van der Waals surface area contributed by atoms with Gasteiger partial charge in [0.25, 0.3) is 5.56 Å². The van der Waals surface area contributed by atoms with Crippen LogP contribution in [0.3, 0.4) is 0 Å². The van der Waals surface area contributed by atoms with Crippen molar-refractivity contribution >= 4 is 5.97 Å². The molecule has 1 aromatic heterocycles. The SMILES string of the molecule is COC(=O)C1=C(N)Oc2cc(C)n(Cc3ccccc3)c(=O)c2C1c1ccc(OC)cc1. The number of methoxy groups -OCH3 is 2. The molecule has 7 heteroatoms. The van der Waals surface area contributed by atoms with Crippen molar-refractivity contribution in [2.45, 2.75) is 19.4 Å². The van der Waals surface area contributed by atoms with Crippen molar-refractivity contribution in [1.29, 1.82) is 0 Å². The highest BCUT2D eigenvalue weighted by Gasteiger charge is 2.38. The van der Waals surface area contributed by atoms with Crippen LogP contribution in [0.1, 0.15) is 28.3 Å². The van der Waals surface area contributed by atoms with Crippen molar-refractivity contribution < 1.29 is 19.0 Å². The smallest absolute Gasteiger partial charge is 0.340 e. The Kier molecular flexibility index (Phi) is 5.73. The Hall–Kier alpha value is -4.00. The average molecular weight is 432 g/mol. The third-order valence-electron chi connectivity index (χ3n) is 5.61. The molecule has 0 saturated carbocycles. The van der Waals surface area contributed by atoms with Gasteiger partial charge < -0.3 is 24.5 Å². The number of carbonyl (C=O) groups excluding carboxylic acids is 1.